The topological polar surface area (TPSA) is 49.8 Å². The molecule has 0 aliphatic carbocycles. The zero-order valence-electron chi connectivity index (χ0n) is 11.7. The van der Waals surface area contributed by atoms with E-state index in [1.54, 1.807) is 0 Å². The fourth-order valence-electron chi connectivity index (χ4n) is 1.92. The highest BCUT2D eigenvalue weighted by Crippen LogP contribution is 2.15. The second-order valence-electron chi connectivity index (χ2n) is 4.42. The Bertz CT molecular complexity index is 367. The molecule has 0 saturated heterocycles. The minimum atomic E-state index is -0.903. The second-order valence-corrected chi connectivity index (χ2v) is 4.42. The van der Waals surface area contributed by atoms with Gasteiger partial charge in [0.2, 0.25) is 0 Å². The molecule has 0 spiro atoms. The van der Waals surface area contributed by atoms with Crippen molar-refractivity contribution >= 4 is 11.7 Å². The Labute approximate surface area is 115 Å². The number of benzene rings is 1. The van der Waals surface area contributed by atoms with E-state index in [-0.39, 0.29) is 0 Å². The molecular formula is C15H23NO3. The summed E-state index contributed by atoms with van der Waals surface area (Å²) in [6.45, 7) is 5.58. The molecule has 0 radical (unpaired) electrons. The zero-order chi connectivity index (χ0) is 14.1. The van der Waals surface area contributed by atoms with Gasteiger partial charge in [0.05, 0.1) is 6.54 Å². The van der Waals surface area contributed by atoms with E-state index >= 15 is 0 Å². The van der Waals surface area contributed by atoms with Crippen molar-refractivity contribution in [2.75, 3.05) is 24.6 Å². The lowest BCUT2D eigenvalue weighted by atomic mass is 10.2. The number of ether oxygens (including phenoxy) is 1. The van der Waals surface area contributed by atoms with E-state index in [4.69, 9.17) is 4.74 Å². The third-order valence-electron chi connectivity index (χ3n) is 2.93. The minimum Gasteiger partial charge on any atom is -0.479 e. The summed E-state index contributed by atoms with van der Waals surface area (Å²) in [6.07, 6.45) is 1.34. The minimum absolute atomic E-state index is 0.382. The molecule has 4 heteroatoms. The number of hydrogen-bond acceptors (Lipinski definition) is 3. The number of para-hydroxylation sites is 1. The average Bonchev–Trinajstić information content (AvgIpc) is 2.43. The maximum atomic E-state index is 11.2. The van der Waals surface area contributed by atoms with E-state index in [1.165, 1.54) is 0 Å². The van der Waals surface area contributed by atoms with Crippen molar-refractivity contribution < 1.29 is 14.6 Å². The van der Waals surface area contributed by atoms with Gasteiger partial charge >= 0.3 is 5.97 Å². The standard InChI is InChI=1S/C15H23NO3/c1-3-5-11-16(13-9-7-6-8-10-13)12-14(15(17)18)19-4-2/h6-10,14H,3-5,11-12H2,1-2H3,(H,17,18). The molecule has 1 atom stereocenters. The molecule has 0 aromatic heterocycles. The maximum Gasteiger partial charge on any atom is 0.334 e. The van der Waals surface area contributed by atoms with Crippen LogP contribution in [0.4, 0.5) is 5.69 Å². The van der Waals surface area contributed by atoms with Gasteiger partial charge in [0, 0.05) is 18.8 Å². The lowest BCUT2D eigenvalue weighted by Crippen LogP contribution is -2.39. The predicted molar refractivity (Wildman–Crippen MR) is 76.6 cm³/mol. The lowest BCUT2D eigenvalue weighted by Gasteiger charge is -2.27. The average molecular weight is 265 g/mol. The summed E-state index contributed by atoms with van der Waals surface area (Å²) >= 11 is 0. The Hall–Kier alpha value is -1.55. The second kappa shape index (κ2) is 8.53. The van der Waals surface area contributed by atoms with Gasteiger partial charge in [-0.05, 0) is 25.5 Å². The van der Waals surface area contributed by atoms with E-state index in [0.29, 0.717) is 13.2 Å². The molecule has 0 amide bonds. The highest BCUT2D eigenvalue weighted by molar-refractivity contribution is 5.73. The highest BCUT2D eigenvalue weighted by atomic mass is 16.5. The number of carbonyl (C=O) groups is 1. The number of carboxylic acids is 1. The molecule has 0 saturated carbocycles. The van der Waals surface area contributed by atoms with Crippen molar-refractivity contribution in [1.29, 1.82) is 0 Å². The van der Waals surface area contributed by atoms with Crippen molar-refractivity contribution in [3.63, 3.8) is 0 Å². The number of aliphatic carboxylic acids is 1. The molecule has 0 aliphatic rings. The predicted octanol–water partition coefficient (Wildman–Crippen LogP) is 2.78. The molecule has 1 rings (SSSR count). The van der Waals surface area contributed by atoms with Gasteiger partial charge in [-0.15, -0.1) is 0 Å². The number of carboxylic acid groups (broad SMARTS) is 1. The quantitative estimate of drug-likeness (QED) is 0.746. The van der Waals surface area contributed by atoms with Gasteiger partial charge in [-0.25, -0.2) is 4.79 Å². The third kappa shape index (κ3) is 5.30. The van der Waals surface area contributed by atoms with Gasteiger partial charge in [-0.3, -0.25) is 0 Å². The summed E-state index contributed by atoms with van der Waals surface area (Å²) < 4.78 is 5.29. The number of unbranched alkanes of at least 4 members (excludes halogenated alkanes) is 1. The third-order valence-corrected chi connectivity index (χ3v) is 2.93. The molecule has 19 heavy (non-hydrogen) atoms. The molecule has 0 aliphatic heterocycles. The summed E-state index contributed by atoms with van der Waals surface area (Å²) in [5.41, 5.74) is 1.04. The first-order valence-corrected chi connectivity index (χ1v) is 6.83. The van der Waals surface area contributed by atoms with E-state index in [9.17, 15) is 9.90 Å². The molecule has 0 heterocycles. The molecule has 4 nitrogen and oxygen atoms in total. The van der Waals surface area contributed by atoms with Crippen LogP contribution in [-0.4, -0.2) is 36.9 Å². The van der Waals surface area contributed by atoms with Crippen LogP contribution in [0.2, 0.25) is 0 Å². The van der Waals surface area contributed by atoms with Crippen LogP contribution in [0, 0.1) is 0 Å². The Kier molecular flexibility index (Phi) is 6.97. The molecule has 1 aromatic rings. The number of hydrogen-bond donors (Lipinski definition) is 1. The van der Waals surface area contributed by atoms with Gasteiger partial charge < -0.3 is 14.7 Å². The van der Waals surface area contributed by atoms with E-state index < -0.39 is 12.1 Å². The van der Waals surface area contributed by atoms with Crippen molar-refractivity contribution in [3.8, 4) is 0 Å². The zero-order valence-corrected chi connectivity index (χ0v) is 11.7. The molecule has 0 fully saturated rings. The summed E-state index contributed by atoms with van der Waals surface area (Å²) in [5, 5.41) is 9.17. The fourth-order valence-corrected chi connectivity index (χ4v) is 1.92. The maximum absolute atomic E-state index is 11.2. The largest absolute Gasteiger partial charge is 0.479 e. The SMILES string of the molecule is CCCCN(CC(OCC)C(=O)O)c1ccccc1. The van der Waals surface area contributed by atoms with Crippen molar-refractivity contribution in [1.82, 2.24) is 0 Å². The number of rotatable bonds is 9. The van der Waals surface area contributed by atoms with Crippen LogP contribution in [0.25, 0.3) is 0 Å². The monoisotopic (exact) mass is 265 g/mol. The van der Waals surface area contributed by atoms with Crippen LogP contribution < -0.4 is 4.90 Å². The van der Waals surface area contributed by atoms with Gasteiger partial charge in [0.25, 0.3) is 0 Å². The van der Waals surface area contributed by atoms with E-state index in [1.807, 2.05) is 37.3 Å². The van der Waals surface area contributed by atoms with Gasteiger partial charge in [0.1, 0.15) is 0 Å². The lowest BCUT2D eigenvalue weighted by molar-refractivity contribution is -0.149. The molecule has 0 bridgehead atoms. The van der Waals surface area contributed by atoms with E-state index in [2.05, 4.69) is 11.8 Å². The Morgan fingerprint density at radius 3 is 2.53 bits per heavy atom. The van der Waals surface area contributed by atoms with Crippen molar-refractivity contribution in [2.45, 2.75) is 32.8 Å². The van der Waals surface area contributed by atoms with Gasteiger partial charge in [-0.2, -0.15) is 0 Å². The first-order valence-electron chi connectivity index (χ1n) is 6.83. The van der Waals surface area contributed by atoms with Gasteiger partial charge in [-0.1, -0.05) is 31.5 Å². The fraction of sp³-hybridized carbons (Fsp3) is 0.533. The van der Waals surface area contributed by atoms with Crippen LogP contribution in [0.3, 0.4) is 0 Å². The molecule has 1 unspecified atom stereocenters. The number of nitrogens with zero attached hydrogens (tertiary/aromatic N) is 1. The number of anilines is 1. The van der Waals surface area contributed by atoms with Crippen LogP contribution in [0.15, 0.2) is 30.3 Å². The van der Waals surface area contributed by atoms with Crippen LogP contribution in [0.1, 0.15) is 26.7 Å². The van der Waals surface area contributed by atoms with Crippen molar-refractivity contribution in [3.05, 3.63) is 30.3 Å². The van der Waals surface area contributed by atoms with Crippen LogP contribution in [-0.2, 0) is 9.53 Å². The Morgan fingerprint density at radius 1 is 1.32 bits per heavy atom. The van der Waals surface area contributed by atoms with Gasteiger partial charge in [0.15, 0.2) is 6.10 Å². The molecule has 1 aromatic carbocycles. The summed E-state index contributed by atoms with van der Waals surface area (Å²) in [7, 11) is 0. The molecule has 106 valence electrons. The van der Waals surface area contributed by atoms with Crippen molar-refractivity contribution in [2.24, 2.45) is 0 Å². The Morgan fingerprint density at radius 2 is 2.00 bits per heavy atom. The first kappa shape index (κ1) is 15.5. The first-order chi connectivity index (χ1) is 9.19. The summed E-state index contributed by atoms with van der Waals surface area (Å²) in [4.78, 5) is 13.3. The summed E-state index contributed by atoms with van der Waals surface area (Å²) in [5.74, 6) is -0.903. The van der Waals surface area contributed by atoms with Crippen LogP contribution >= 0.6 is 0 Å². The Balaban J connectivity index is 2.76. The molecule has 1 N–H and O–H groups in total. The van der Waals surface area contributed by atoms with E-state index in [0.717, 1.165) is 25.1 Å². The summed E-state index contributed by atoms with van der Waals surface area (Å²) in [6, 6.07) is 9.88. The molecular weight excluding hydrogens is 242 g/mol. The smallest absolute Gasteiger partial charge is 0.334 e. The van der Waals surface area contributed by atoms with Crippen LogP contribution in [0.5, 0.6) is 0 Å². The normalized spacial score (nSPS) is 12.1. The highest BCUT2D eigenvalue weighted by Gasteiger charge is 2.21.